The largest absolute Gasteiger partial charge is 0.497 e. The van der Waals surface area contributed by atoms with Gasteiger partial charge in [-0.05, 0) is 49.1 Å². The van der Waals surface area contributed by atoms with Crippen molar-refractivity contribution in [1.29, 1.82) is 0 Å². The maximum absolute atomic E-state index is 13.7. The topological polar surface area (TPSA) is 80.1 Å². The number of carbonyl (C=O) groups is 2. The number of carbonyl (C=O) groups excluding carboxylic acids is 2. The van der Waals surface area contributed by atoms with Crippen LogP contribution in [0.5, 0.6) is 5.75 Å². The highest BCUT2D eigenvalue weighted by molar-refractivity contribution is 6.07. The van der Waals surface area contributed by atoms with Crippen LogP contribution in [0.4, 0.5) is 4.79 Å². The fourth-order valence-electron chi connectivity index (χ4n) is 5.61. The van der Waals surface area contributed by atoms with E-state index in [4.69, 9.17) is 14.5 Å². The second kappa shape index (κ2) is 10.5. The maximum Gasteiger partial charge on any atom is 0.327 e. The third-order valence-electron chi connectivity index (χ3n) is 7.85. The molecule has 3 heterocycles. The molecular formula is C28H35N5O4. The van der Waals surface area contributed by atoms with Crippen molar-refractivity contribution in [3.63, 3.8) is 0 Å². The number of aryl methyl sites for hydroxylation is 1. The Labute approximate surface area is 217 Å². The van der Waals surface area contributed by atoms with E-state index in [-0.39, 0.29) is 18.5 Å². The highest BCUT2D eigenvalue weighted by atomic mass is 16.5. The Bertz CT molecular complexity index is 1260. The fraction of sp³-hybridized carbons (Fsp3) is 0.464. The molecule has 0 unspecified atom stereocenters. The Morgan fingerprint density at radius 2 is 1.70 bits per heavy atom. The second-order valence-electron chi connectivity index (χ2n) is 9.87. The lowest BCUT2D eigenvalue weighted by Gasteiger charge is -2.42. The van der Waals surface area contributed by atoms with E-state index >= 15 is 0 Å². The lowest BCUT2D eigenvalue weighted by Crippen LogP contribution is -2.56. The van der Waals surface area contributed by atoms with E-state index < -0.39 is 5.54 Å². The van der Waals surface area contributed by atoms with Crippen LogP contribution in [0.2, 0.25) is 0 Å². The first-order chi connectivity index (χ1) is 18.0. The molecule has 2 aromatic carbocycles. The average Bonchev–Trinajstić information content (AvgIpc) is 3.33. The predicted octanol–water partition coefficient (Wildman–Crippen LogP) is 3.07. The summed E-state index contributed by atoms with van der Waals surface area (Å²) in [6.07, 6.45) is 1.88. The molecule has 3 amide bonds. The number of piperidine rings is 1. The summed E-state index contributed by atoms with van der Waals surface area (Å²) in [5.74, 6) is 1.71. The molecule has 1 aromatic heterocycles. The number of amides is 3. The van der Waals surface area contributed by atoms with Gasteiger partial charge >= 0.3 is 6.03 Å². The van der Waals surface area contributed by atoms with Crippen LogP contribution in [0.3, 0.4) is 0 Å². The van der Waals surface area contributed by atoms with E-state index in [1.807, 2.05) is 54.4 Å². The molecule has 5 rings (SSSR count). The third kappa shape index (κ3) is 4.69. The quantitative estimate of drug-likeness (QED) is 0.416. The van der Waals surface area contributed by atoms with Gasteiger partial charge in [0.2, 0.25) is 0 Å². The number of imidazole rings is 1. The number of benzene rings is 2. The summed E-state index contributed by atoms with van der Waals surface area (Å²) in [6.45, 7) is 3.25. The standard InChI is InChI=1S/C28H35N5O4/c1-30-24-7-5-4-6-23(24)29-25(30)20-31-16-13-28(14-17-31)26(34)32(18-19-36-2)27(35)33(28)15-12-21-8-10-22(37-3)11-9-21/h4-11H,12-20H2,1-3H3. The monoisotopic (exact) mass is 505 g/mol. The van der Waals surface area contributed by atoms with E-state index in [0.717, 1.165) is 41.3 Å². The Morgan fingerprint density at radius 1 is 0.973 bits per heavy atom. The van der Waals surface area contributed by atoms with E-state index in [9.17, 15) is 9.59 Å². The molecule has 37 heavy (non-hydrogen) atoms. The number of methoxy groups -OCH3 is 2. The minimum absolute atomic E-state index is 0.0911. The summed E-state index contributed by atoms with van der Waals surface area (Å²) in [5.41, 5.74) is 2.40. The number of imide groups is 1. The molecule has 2 aliphatic rings. The summed E-state index contributed by atoms with van der Waals surface area (Å²) in [4.78, 5) is 37.5. The smallest absolute Gasteiger partial charge is 0.327 e. The highest BCUT2D eigenvalue weighted by Crippen LogP contribution is 2.38. The van der Waals surface area contributed by atoms with Crippen LogP contribution in [0, 0.1) is 0 Å². The Morgan fingerprint density at radius 3 is 2.38 bits per heavy atom. The minimum Gasteiger partial charge on any atom is -0.497 e. The summed E-state index contributed by atoms with van der Waals surface area (Å²) in [7, 11) is 5.27. The first kappa shape index (κ1) is 25.2. The number of hydrogen-bond donors (Lipinski definition) is 0. The molecule has 2 saturated heterocycles. The average molecular weight is 506 g/mol. The van der Waals surface area contributed by atoms with Gasteiger partial charge in [-0.25, -0.2) is 9.78 Å². The SMILES string of the molecule is COCCN1C(=O)N(CCc2ccc(OC)cc2)C2(CCN(Cc3nc4ccccc4n3C)CC2)C1=O. The maximum atomic E-state index is 13.7. The van der Waals surface area contributed by atoms with Crippen LogP contribution in [0.1, 0.15) is 24.2 Å². The molecule has 0 N–H and O–H groups in total. The number of para-hydroxylation sites is 2. The highest BCUT2D eigenvalue weighted by Gasteiger charge is 2.57. The van der Waals surface area contributed by atoms with Gasteiger partial charge in [0.1, 0.15) is 17.1 Å². The molecule has 9 nitrogen and oxygen atoms in total. The molecule has 3 aromatic rings. The number of ether oxygens (including phenoxy) is 2. The molecular weight excluding hydrogens is 470 g/mol. The van der Waals surface area contributed by atoms with Gasteiger partial charge < -0.3 is 18.9 Å². The van der Waals surface area contributed by atoms with Crippen molar-refractivity contribution in [2.24, 2.45) is 7.05 Å². The molecule has 9 heteroatoms. The van der Waals surface area contributed by atoms with Crippen LogP contribution in [-0.2, 0) is 29.5 Å². The first-order valence-electron chi connectivity index (χ1n) is 12.8. The lowest BCUT2D eigenvalue weighted by atomic mass is 9.85. The number of urea groups is 1. The van der Waals surface area contributed by atoms with E-state index in [1.165, 1.54) is 4.90 Å². The first-order valence-corrected chi connectivity index (χ1v) is 12.8. The number of rotatable bonds is 9. The predicted molar refractivity (Wildman–Crippen MR) is 140 cm³/mol. The van der Waals surface area contributed by atoms with Gasteiger partial charge in [0.15, 0.2) is 0 Å². The van der Waals surface area contributed by atoms with E-state index in [2.05, 4.69) is 15.5 Å². The second-order valence-corrected chi connectivity index (χ2v) is 9.87. The Balaban J connectivity index is 1.31. The van der Waals surface area contributed by atoms with Gasteiger partial charge in [-0.15, -0.1) is 0 Å². The molecule has 0 atom stereocenters. The number of likely N-dealkylation sites (tertiary alicyclic amines) is 1. The minimum atomic E-state index is -0.805. The molecule has 196 valence electrons. The summed E-state index contributed by atoms with van der Waals surface area (Å²) in [5, 5.41) is 0. The van der Waals surface area contributed by atoms with Crippen molar-refractivity contribution in [1.82, 2.24) is 24.3 Å². The zero-order valence-electron chi connectivity index (χ0n) is 21.9. The van der Waals surface area contributed by atoms with E-state index in [1.54, 1.807) is 14.2 Å². The molecule has 2 fully saturated rings. The zero-order valence-corrected chi connectivity index (χ0v) is 21.9. The van der Waals surface area contributed by atoms with Gasteiger partial charge in [-0.3, -0.25) is 14.6 Å². The van der Waals surface area contributed by atoms with Crippen LogP contribution in [0.25, 0.3) is 11.0 Å². The van der Waals surface area contributed by atoms with Crippen LogP contribution in [-0.4, -0.2) is 88.7 Å². The van der Waals surface area contributed by atoms with Gasteiger partial charge in [0.25, 0.3) is 5.91 Å². The van der Waals surface area contributed by atoms with Crippen molar-refractivity contribution in [3.05, 3.63) is 59.9 Å². The molecule has 0 aliphatic carbocycles. The summed E-state index contributed by atoms with van der Waals surface area (Å²) in [6, 6.07) is 15.8. The lowest BCUT2D eigenvalue weighted by molar-refractivity contribution is -0.136. The van der Waals surface area contributed by atoms with Gasteiger partial charge in [-0.1, -0.05) is 24.3 Å². The fourth-order valence-corrected chi connectivity index (χ4v) is 5.61. The van der Waals surface area contributed by atoms with Gasteiger partial charge in [-0.2, -0.15) is 0 Å². The number of aromatic nitrogens is 2. The molecule has 0 radical (unpaired) electrons. The van der Waals surface area contributed by atoms with Crippen molar-refractivity contribution in [2.45, 2.75) is 31.3 Å². The summed E-state index contributed by atoms with van der Waals surface area (Å²) < 4.78 is 12.6. The Hall–Kier alpha value is -3.43. The summed E-state index contributed by atoms with van der Waals surface area (Å²) >= 11 is 0. The molecule has 0 bridgehead atoms. The van der Waals surface area contributed by atoms with E-state index in [0.29, 0.717) is 39.0 Å². The van der Waals surface area contributed by atoms with Crippen molar-refractivity contribution >= 4 is 23.0 Å². The van der Waals surface area contributed by atoms with Crippen LogP contribution in [0.15, 0.2) is 48.5 Å². The number of hydrogen-bond acceptors (Lipinski definition) is 6. The van der Waals surface area contributed by atoms with Gasteiger partial charge in [0.05, 0.1) is 37.8 Å². The van der Waals surface area contributed by atoms with Crippen LogP contribution >= 0.6 is 0 Å². The molecule has 0 saturated carbocycles. The Kier molecular flexibility index (Phi) is 7.17. The third-order valence-corrected chi connectivity index (χ3v) is 7.85. The zero-order chi connectivity index (χ0) is 26.0. The molecule has 2 aliphatic heterocycles. The number of fused-ring (bicyclic) bond motifs is 1. The van der Waals surface area contributed by atoms with Gasteiger partial charge in [0, 0.05) is 33.8 Å². The van der Waals surface area contributed by atoms with Crippen LogP contribution < -0.4 is 4.74 Å². The van der Waals surface area contributed by atoms with Crippen molar-refractivity contribution in [2.75, 3.05) is 47.0 Å². The van der Waals surface area contributed by atoms with Crippen molar-refractivity contribution < 1.29 is 19.1 Å². The number of nitrogens with zero attached hydrogens (tertiary/aromatic N) is 5. The normalized spacial score (nSPS) is 17.9. The van der Waals surface area contributed by atoms with Crippen molar-refractivity contribution in [3.8, 4) is 5.75 Å². The molecule has 1 spiro atoms.